The second-order valence-electron chi connectivity index (χ2n) is 8.45. The fourth-order valence-electron chi connectivity index (χ4n) is 4.63. The molecule has 6 aromatic rings. The zero-order chi connectivity index (χ0) is 22.9. The van der Waals surface area contributed by atoms with Gasteiger partial charge in [-0.15, -0.1) is 0 Å². The lowest BCUT2D eigenvalue weighted by molar-refractivity contribution is 0.598. The summed E-state index contributed by atoms with van der Waals surface area (Å²) in [5, 5.41) is 6.50. The summed E-state index contributed by atoms with van der Waals surface area (Å²) in [4.78, 5) is 0. The molecule has 2 heteroatoms. The van der Waals surface area contributed by atoms with Crippen molar-refractivity contribution in [3.05, 3.63) is 133 Å². The minimum atomic E-state index is -1.80. The number of rotatable bonds is 4. The van der Waals surface area contributed by atoms with Crippen LogP contribution in [0.15, 0.2) is 133 Å². The molecule has 0 saturated carbocycles. The third-order valence-electron chi connectivity index (χ3n) is 6.37. The smallest absolute Gasteiger partial charge is 0.0616 e. The molecule has 0 radical (unpaired) electrons. The maximum Gasteiger partial charge on any atom is 0.416 e. The molecule has 6 aromatic carbocycles. The van der Waals surface area contributed by atoms with Crippen LogP contribution in [0.5, 0.6) is 0 Å². The van der Waals surface area contributed by atoms with E-state index in [0.29, 0.717) is 0 Å². The predicted molar refractivity (Wildman–Crippen MR) is 146 cm³/mol. The van der Waals surface area contributed by atoms with Crippen molar-refractivity contribution in [2.24, 2.45) is 0 Å². The second-order valence-corrected chi connectivity index (χ2v) is 10.0. The van der Waals surface area contributed by atoms with E-state index in [1.54, 1.807) is 0 Å². The number of hydrogen-bond donors (Lipinski definition) is 0. The minimum absolute atomic E-state index is 0.862. The Morgan fingerprint density at radius 1 is 0.382 bits per heavy atom. The molecule has 1 nitrogen and oxygen atoms in total. The van der Waals surface area contributed by atoms with Gasteiger partial charge in [-0.25, -0.2) is 0 Å². The van der Waals surface area contributed by atoms with Gasteiger partial charge in [-0.05, 0) is 69.1 Å². The Bertz CT molecular complexity index is 1560. The number of benzene rings is 6. The van der Waals surface area contributed by atoms with E-state index in [4.69, 9.17) is 0 Å². The van der Waals surface area contributed by atoms with Gasteiger partial charge in [-0.2, -0.15) is 0 Å². The Labute approximate surface area is 200 Å². The Morgan fingerprint density at radius 3 is 1.24 bits per heavy atom. The largest absolute Gasteiger partial charge is 0.416 e. The molecule has 160 valence electrons. The van der Waals surface area contributed by atoms with Crippen LogP contribution in [0.1, 0.15) is 0 Å². The fraction of sp³-hybridized carbons (Fsp3) is 0. The first-order valence-electron chi connectivity index (χ1n) is 11.4. The fourth-order valence-corrected chi connectivity index (χ4v) is 6.18. The Morgan fingerprint density at radius 2 is 0.765 bits per heavy atom. The quantitative estimate of drug-likeness (QED) is 0.246. The van der Waals surface area contributed by atoms with E-state index in [2.05, 4.69) is 97.1 Å². The molecule has 0 amide bonds. The average molecular weight is 454 g/mol. The number of fused-ring (bicyclic) bond motifs is 2. The molecule has 0 aromatic heterocycles. The van der Waals surface area contributed by atoms with E-state index in [1.165, 1.54) is 21.5 Å². The van der Waals surface area contributed by atoms with Crippen molar-refractivity contribution in [3.63, 3.8) is 0 Å². The topological polar surface area (TPSA) is 17.1 Å². The first-order valence-corrected chi connectivity index (χ1v) is 12.7. The molecule has 0 atom stereocenters. The minimum Gasteiger partial charge on any atom is -0.0616 e. The lowest BCUT2D eigenvalue weighted by Crippen LogP contribution is -2.11. The molecule has 0 aliphatic carbocycles. The van der Waals surface area contributed by atoms with Gasteiger partial charge in [0.2, 0.25) is 10.6 Å². The lowest BCUT2D eigenvalue weighted by Gasteiger charge is -2.07. The van der Waals surface area contributed by atoms with Crippen LogP contribution < -0.4 is 10.6 Å². The Kier molecular flexibility index (Phi) is 5.26. The van der Waals surface area contributed by atoms with Crippen LogP contribution in [-0.2, 0) is 4.57 Å². The molecular formula is C32H22OP+. The molecule has 0 aliphatic heterocycles. The van der Waals surface area contributed by atoms with Crippen LogP contribution >= 0.6 is 7.80 Å². The SMILES string of the molecule is O=[P+](c1ccccc1-c1ccc2ccccc2c1)c1ccccc1-c1ccc2ccccc2c1. The molecule has 0 unspecified atom stereocenters. The van der Waals surface area contributed by atoms with Crippen molar-refractivity contribution in [1.29, 1.82) is 0 Å². The first-order chi connectivity index (χ1) is 16.8. The van der Waals surface area contributed by atoms with Crippen molar-refractivity contribution >= 4 is 40.0 Å². The van der Waals surface area contributed by atoms with Crippen molar-refractivity contribution in [2.75, 3.05) is 0 Å². The van der Waals surface area contributed by atoms with Crippen LogP contribution in [0.25, 0.3) is 43.8 Å². The molecule has 0 saturated heterocycles. The van der Waals surface area contributed by atoms with Gasteiger partial charge < -0.3 is 0 Å². The highest BCUT2D eigenvalue weighted by atomic mass is 31.1. The van der Waals surface area contributed by atoms with Gasteiger partial charge in [0.25, 0.3) is 0 Å². The maximum absolute atomic E-state index is 14.1. The lowest BCUT2D eigenvalue weighted by atomic mass is 10.0. The molecule has 34 heavy (non-hydrogen) atoms. The van der Waals surface area contributed by atoms with E-state index in [1.807, 2.05) is 36.4 Å². The molecule has 0 heterocycles. The molecule has 0 fully saturated rings. The summed E-state index contributed by atoms with van der Waals surface area (Å²) < 4.78 is 14.1. The van der Waals surface area contributed by atoms with Crippen molar-refractivity contribution in [1.82, 2.24) is 0 Å². The standard InChI is InChI=1S/C32H22OP/c33-34(31-15-7-5-13-29(31)27-19-17-23-9-1-3-11-25(23)21-27)32-16-8-6-14-30(32)28-20-18-24-10-2-4-12-26(24)22-28/h1-22H/q+1. The highest BCUT2D eigenvalue weighted by molar-refractivity contribution is 7.62. The van der Waals surface area contributed by atoms with Gasteiger partial charge in [0.15, 0.2) is 0 Å². The van der Waals surface area contributed by atoms with Gasteiger partial charge in [-0.1, -0.05) is 102 Å². The van der Waals surface area contributed by atoms with E-state index in [0.717, 1.165) is 32.9 Å². The second kappa shape index (κ2) is 8.71. The molecule has 0 aliphatic rings. The van der Waals surface area contributed by atoms with Crippen LogP contribution in [-0.4, -0.2) is 0 Å². The monoisotopic (exact) mass is 453 g/mol. The molecule has 6 rings (SSSR count). The van der Waals surface area contributed by atoms with Crippen molar-refractivity contribution in [2.45, 2.75) is 0 Å². The molecule has 0 bridgehead atoms. The summed E-state index contributed by atoms with van der Waals surface area (Å²) in [6.45, 7) is 0. The zero-order valence-electron chi connectivity index (χ0n) is 18.6. The van der Waals surface area contributed by atoms with Gasteiger partial charge >= 0.3 is 7.80 Å². The Balaban J connectivity index is 1.47. The van der Waals surface area contributed by atoms with Gasteiger partial charge in [0, 0.05) is 11.1 Å². The summed E-state index contributed by atoms with van der Waals surface area (Å²) >= 11 is 0. The summed E-state index contributed by atoms with van der Waals surface area (Å²) in [6, 6.07) is 45.7. The average Bonchev–Trinajstić information content (AvgIpc) is 2.92. The van der Waals surface area contributed by atoms with Gasteiger partial charge in [0.05, 0.1) is 0 Å². The first kappa shape index (κ1) is 20.5. The maximum atomic E-state index is 14.1. The predicted octanol–water partition coefficient (Wildman–Crippen LogP) is 8.11. The van der Waals surface area contributed by atoms with E-state index < -0.39 is 7.80 Å². The third kappa shape index (κ3) is 3.71. The summed E-state index contributed by atoms with van der Waals surface area (Å²) in [7, 11) is -1.80. The van der Waals surface area contributed by atoms with Crippen LogP contribution in [0.3, 0.4) is 0 Å². The summed E-state index contributed by atoms with van der Waals surface area (Å²) in [5.41, 5.74) is 4.20. The van der Waals surface area contributed by atoms with Gasteiger partial charge in [0.1, 0.15) is 0 Å². The molecule has 0 spiro atoms. The van der Waals surface area contributed by atoms with Crippen molar-refractivity contribution in [3.8, 4) is 22.3 Å². The summed E-state index contributed by atoms with van der Waals surface area (Å²) in [6.07, 6.45) is 0. The normalized spacial score (nSPS) is 11.1. The van der Waals surface area contributed by atoms with E-state index >= 15 is 0 Å². The highest BCUT2D eigenvalue weighted by Gasteiger charge is 2.30. The highest BCUT2D eigenvalue weighted by Crippen LogP contribution is 2.34. The molecular weight excluding hydrogens is 431 g/mol. The van der Waals surface area contributed by atoms with Crippen LogP contribution in [0, 0.1) is 0 Å². The van der Waals surface area contributed by atoms with Crippen molar-refractivity contribution < 1.29 is 4.57 Å². The van der Waals surface area contributed by atoms with Gasteiger partial charge in [-0.3, -0.25) is 0 Å². The number of hydrogen-bond acceptors (Lipinski definition) is 1. The van der Waals surface area contributed by atoms with E-state index in [-0.39, 0.29) is 0 Å². The van der Waals surface area contributed by atoms with E-state index in [9.17, 15) is 4.57 Å². The van der Waals surface area contributed by atoms with Crippen LogP contribution in [0.4, 0.5) is 0 Å². The summed E-state index contributed by atoms with van der Waals surface area (Å²) in [5.74, 6) is 0. The van der Waals surface area contributed by atoms with Crippen LogP contribution in [0.2, 0.25) is 0 Å². The molecule has 0 N–H and O–H groups in total. The zero-order valence-corrected chi connectivity index (χ0v) is 19.5. The Hall–Kier alpha value is -4.06. The third-order valence-corrected chi connectivity index (χ3v) is 8.02.